The zero-order chi connectivity index (χ0) is 10.4. The summed E-state index contributed by atoms with van der Waals surface area (Å²) in [6.07, 6.45) is 3.99. The number of nitrogens with two attached hydrogens (primary N) is 1. The fourth-order valence-electron chi connectivity index (χ4n) is 0.786. The summed E-state index contributed by atoms with van der Waals surface area (Å²) in [5.74, 6) is 0. The molecule has 0 saturated carbocycles. The van der Waals surface area contributed by atoms with E-state index in [0.29, 0.717) is 0 Å². The van der Waals surface area contributed by atoms with Crippen molar-refractivity contribution in [3.05, 3.63) is 34.6 Å². The van der Waals surface area contributed by atoms with Crippen LogP contribution >= 0.6 is 12.2 Å². The molecular formula is C11H17NS. The molecule has 0 radical (unpaired) electrons. The monoisotopic (exact) mass is 195 g/mol. The quantitative estimate of drug-likeness (QED) is 0.425. The molecule has 13 heavy (non-hydrogen) atoms. The van der Waals surface area contributed by atoms with Gasteiger partial charge >= 0.3 is 0 Å². The van der Waals surface area contributed by atoms with Crippen LogP contribution in [0.25, 0.3) is 0 Å². The number of hydrogen-bond acceptors (Lipinski definition) is 2. The molecule has 0 amide bonds. The van der Waals surface area contributed by atoms with Crippen LogP contribution in [0.2, 0.25) is 0 Å². The molecule has 2 N–H and O–H groups in total. The summed E-state index contributed by atoms with van der Waals surface area (Å²) in [7, 11) is 0. The predicted molar refractivity (Wildman–Crippen MR) is 63.7 cm³/mol. The minimum absolute atomic E-state index is 0.856. The first-order valence-corrected chi connectivity index (χ1v) is 4.70. The highest BCUT2D eigenvalue weighted by Gasteiger charge is 1.93. The van der Waals surface area contributed by atoms with Gasteiger partial charge in [0.25, 0.3) is 0 Å². The number of rotatable bonds is 3. The van der Waals surface area contributed by atoms with E-state index in [1.165, 1.54) is 11.1 Å². The van der Waals surface area contributed by atoms with E-state index < -0.39 is 0 Å². The van der Waals surface area contributed by atoms with Crippen LogP contribution in [0.3, 0.4) is 0 Å². The lowest BCUT2D eigenvalue weighted by atomic mass is 10.1. The zero-order valence-electron chi connectivity index (χ0n) is 8.72. The fraction of sp³-hybridized carbons (Fsp3) is 0.364. The molecule has 0 aromatic rings. The van der Waals surface area contributed by atoms with E-state index in [4.69, 9.17) is 18.0 Å². The van der Waals surface area contributed by atoms with Crippen molar-refractivity contribution in [1.82, 2.24) is 0 Å². The van der Waals surface area contributed by atoms with E-state index in [-0.39, 0.29) is 0 Å². The normalized spacial score (nSPS) is 15.4. The molecule has 72 valence electrons. The molecule has 0 aromatic heterocycles. The molecule has 1 nitrogen and oxygen atoms in total. The van der Waals surface area contributed by atoms with Crippen molar-refractivity contribution in [3.8, 4) is 0 Å². The van der Waals surface area contributed by atoms with Crippen molar-refractivity contribution in [1.29, 1.82) is 0 Å². The lowest BCUT2D eigenvalue weighted by Gasteiger charge is -2.02. The van der Waals surface area contributed by atoms with Gasteiger partial charge in [0, 0.05) is 11.1 Å². The molecule has 0 aliphatic carbocycles. The molecule has 0 aliphatic heterocycles. The number of hydrogen-bond donors (Lipinski definition) is 1. The lowest BCUT2D eigenvalue weighted by Crippen LogP contribution is -1.94. The smallest absolute Gasteiger partial charge is 0.00786 e. The molecule has 0 saturated heterocycles. The third-order valence-corrected chi connectivity index (χ3v) is 2.13. The average molecular weight is 195 g/mol. The summed E-state index contributed by atoms with van der Waals surface area (Å²) >= 11 is 4.75. The summed E-state index contributed by atoms with van der Waals surface area (Å²) in [5, 5.41) is 1.63. The molecule has 0 heterocycles. The van der Waals surface area contributed by atoms with E-state index in [1.807, 2.05) is 26.8 Å². The summed E-state index contributed by atoms with van der Waals surface area (Å²) in [6.45, 7) is 7.99. The maximum absolute atomic E-state index is 5.65. The number of allylic oxidation sites excluding steroid dienone is 6. The van der Waals surface area contributed by atoms with Crippen molar-refractivity contribution < 1.29 is 0 Å². The van der Waals surface area contributed by atoms with Gasteiger partial charge in [-0.15, -0.1) is 0 Å². The van der Waals surface area contributed by atoms with Crippen molar-refractivity contribution >= 4 is 17.6 Å². The van der Waals surface area contributed by atoms with Gasteiger partial charge in [0.15, 0.2) is 0 Å². The van der Waals surface area contributed by atoms with Gasteiger partial charge in [0.1, 0.15) is 0 Å². The van der Waals surface area contributed by atoms with Crippen molar-refractivity contribution in [3.63, 3.8) is 0 Å². The third kappa shape index (κ3) is 4.63. The Morgan fingerprint density at radius 3 is 2.00 bits per heavy atom. The summed E-state index contributed by atoms with van der Waals surface area (Å²) in [5.41, 5.74) is 9.98. The molecule has 0 bridgehead atoms. The van der Waals surface area contributed by atoms with E-state index in [9.17, 15) is 0 Å². The molecule has 2 heteroatoms. The lowest BCUT2D eigenvalue weighted by molar-refractivity contribution is 1.22. The van der Waals surface area contributed by atoms with Crippen LogP contribution in [0.15, 0.2) is 34.6 Å². The first-order valence-electron chi connectivity index (χ1n) is 4.22. The van der Waals surface area contributed by atoms with Crippen molar-refractivity contribution in [2.24, 2.45) is 5.73 Å². The van der Waals surface area contributed by atoms with Gasteiger partial charge in [-0.1, -0.05) is 18.3 Å². The zero-order valence-corrected chi connectivity index (χ0v) is 9.53. The Kier molecular flexibility index (Phi) is 5.31. The largest absolute Gasteiger partial charge is 0.402 e. The predicted octanol–water partition coefficient (Wildman–Crippen LogP) is 3.13. The highest BCUT2D eigenvalue weighted by molar-refractivity contribution is 7.79. The van der Waals surface area contributed by atoms with Gasteiger partial charge in [-0.25, -0.2) is 0 Å². The van der Waals surface area contributed by atoms with Crippen LogP contribution in [-0.2, 0) is 0 Å². The summed E-state index contributed by atoms with van der Waals surface area (Å²) < 4.78 is 0. The topological polar surface area (TPSA) is 26.0 Å². The molecule has 0 atom stereocenters. The maximum Gasteiger partial charge on any atom is 0.00786 e. The van der Waals surface area contributed by atoms with Gasteiger partial charge in [-0.2, -0.15) is 0 Å². The van der Waals surface area contributed by atoms with Gasteiger partial charge in [0.05, 0.1) is 0 Å². The van der Waals surface area contributed by atoms with Gasteiger partial charge in [-0.3, -0.25) is 0 Å². The first-order chi connectivity index (χ1) is 5.99. The minimum Gasteiger partial charge on any atom is -0.402 e. The molecule has 0 fully saturated rings. The summed E-state index contributed by atoms with van der Waals surface area (Å²) in [6, 6.07) is 0. The Morgan fingerprint density at radius 2 is 1.62 bits per heavy atom. The highest BCUT2D eigenvalue weighted by atomic mass is 32.1. The van der Waals surface area contributed by atoms with Crippen LogP contribution in [0.4, 0.5) is 0 Å². The van der Waals surface area contributed by atoms with Crippen molar-refractivity contribution in [2.75, 3.05) is 0 Å². The second-order valence-electron chi connectivity index (χ2n) is 3.18. The van der Waals surface area contributed by atoms with Gasteiger partial charge in [0.2, 0.25) is 0 Å². The van der Waals surface area contributed by atoms with E-state index in [2.05, 4.69) is 13.0 Å². The van der Waals surface area contributed by atoms with Gasteiger partial charge < -0.3 is 5.73 Å². The van der Waals surface area contributed by atoms with E-state index in [0.717, 1.165) is 11.3 Å². The molecule has 0 aliphatic rings. The Morgan fingerprint density at radius 1 is 1.08 bits per heavy atom. The van der Waals surface area contributed by atoms with E-state index >= 15 is 0 Å². The second-order valence-corrected chi connectivity index (χ2v) is 3.45. The Bertz CT molecular complexity index is 278. The summed E-state index contributed by atoms with van der Waals surface area (Å²) in [4.78, 5) is 0. The first kappa shape index (κ1) is 12.1. The SMILES string of the molecule is CC(=CC=S)C(C)=CC(C)=C(C)N. The Hall–Kier alpha value is -0.890. The Labute approximate surface area is 86.0 Å². The minimum atomic E-state index is 0.856. The maximum atomic E-state index is 5.65. The Balaban J connectivity index is 4.79. The molecule has 0 rings (SSSR count). The van der Waals surface area contributed by atoms with Crippen LogP contribution < -0.4 is 5.73 Å². The van der Waals surface area contributed by atoms with E-state index in [1.54, 1.807) is 5.37 Å². The average Bonchev–Trinajstić information content (AvgIpc) is 2.04. The highest BCUT2D eigenvalue weighted by Crippen LogP contribution is 2.11. The van der Waals surface area contributed by atoms with Crippen LogP contribution in [0, 0.1) is 0 Å². The molecule has 0 unspecified atom stereocenters. The standard InChI is InChI=1S/C11H17NS/c1-8(5-6-13)9(2)7-10(3)11(4)12/h5-7H,12H2,1-4H3. The molecule has 0 aromatic carbocycles. The van der Waals surface area contributed by atoms with Crippen LogP contribution in [-0.4, -0.2) is 5.37 Å². The molecular weight excluding hydrogens is 178 g/mol. The van der Waals surface area contributed by atoms with Crippen molar-refractivity contribution in [2.45, 2.75) is 27.7 Å². The number of thiocarbonyl (C=S) groups is 1. The van der Waals surface area contributed by atoms with Gasteiger partial charge in [-0.05, 0) is 50.5 Å². The van der Waals surface area contributed by atoms with Crippen LogP contribution in [0.1, 0.15) is 27.7 Å². The van der Waals surface area contributed by atoms with Crippen LogP contribution in [0.5, 0.6) is 0 Å². The second kappa shape index (κ2) is 5.70. The molecule has 0 spiro atoms. The fourth-order valence-corrected chi connectivity index (χ4v) is 0.990. The third-order valence-electron chi connectivity index (χ3n) is 2.00.